The lowest BCUT2D eigenvalue weighted by Crippen LogP contribution is -2.28. The van der Waals surface area contributed by atoms with E-state index >= 15 is 0 Å². The van der Waals surface area contributed by atoms with Gasteiger partial charge in [-0.25, -0.2) is 9.97 Å². The van der Waals surface area contributed by atoms with E-state index in [0.717, 1.165) is 37.2 Å². The summed E-state index contributed by atoms with van der Waals surface area (Å²) in [5, 5.41) is 6.64. The van der Waals surface area contributed by atoms with Crippen molar-refractivity contribution >= 4 is 11.6 Å². The molecule has 1 aromatic rings. The second kappa shape index (κ2) is 5.74. The van der Waals surface area contributed by atoms with Gasteiger partial charge in [0.25, 0.3) is 0 Å². The fraction of sp³-hybridized carbons (Fsp3) is 0.714. The molecule has 2 N–H and O–H groups in total. The summed E-state index contributed by atoms with van der Waals surface area (Å²) < 4.78 is 0. The minimum atomic E-state index is 0.0191. The Morgan fingerprint density at radius 3 is 2.84 bits per heavy atom. The van der Waals surface area contributed by atoms with Gasteiger partial charge in [0, 0.05) is 24.7 Å². The molecule has 0 saturated carbocycles. The minimum Gasteiger partial charge on any atom is -0.365 e. The normalized spacial score (nSPS) is 19.8. The van der Waals surface area contributed by atoms with E-state index in [-0.39, 0.29) is 5.54 Å². The predicted octanol–water partition coefficient (Wildman–Crippen LogP) is 1.73. The van der Waals surface area contributed by atoms with Crippen molar-refractivity contribution in [2.75, 3.05) is 36.9 Å². The summed E-state index contributed by atoms with van der Waals surface area (Å²) in [5.41, 5.74) is 0.0191. The summed E-state index contributed by atoms with van der Waals surface area (Å²) in [6, 6.07) is 2.05. The van der Waals surface area contributed by atoms with Crippen molar-refractivity contribution in [1.29, 1.82) is 0 Å². The van der Waals surface area contributed by atoms with Crippen LogP contribution in [0.1, 0.15) is 27.2 Å². The van der Waals surface area contributed by atoms with Gasteiger partial charge < -0.3 is 15.5 Å². The highest BCUT2D eigenvalue weighted by molar-refractivity contribution is 5.50. The first-order valence-corrected chi connectivity index (χ1v) is 6.98. The van der Waals surface area contributed by atoms with Crippen molar-refractivity contribution in [2.24, 2.45) is 5.92 Å². The quantitative estimate of drug-likeness (QED) is 0.866. The molecular weight excluding hydrogens is 238 g/mol. The lowest BCUT2D eigenvalue weighted by Gasteiger charge is -2.23. The molecule has 1 unspecified atom stereocenters. The fourth-order valence-corrected chi connectivity index (χ4v) is 2.47. The van der Waals surface area contributed by atoms with Crippen LogP contribution in [0, 0.1) is 5.92 Å². The largest absolute Gasteiger partial charge is 0.365 e. The topological polar surface area (TPSA) is 53.1 Å². The van der Waals surface area contributed by atoms with Gasteiger partial charge in [-0.3, -0.25) is 0 Å². The number of anilines is 2. The first kappa shape index (κ1) is 14.1. The van der Waals surface area contributed by atoms with Crippen molar-refractivity contribution in [3.05, 3.63) is 12.4 Å². The van der Waals surface area contributed by atoms with Crippen molar-refractivity contribution in [3.8, 4) is 0 Å². The summed E-state index contributed by atoms with van der Waals surface area (Å²) in [4.78, 5) is 11.0. The minimum absolute atomic E-state index is 0.0191. The van der Waals surface area contributed by atoms with Gasteiger partial charge in [-0.1, -0.05) is 0 Å². The molecule has 2 heterocycles. The Balaban J connectivity index is 2.03. The summed E-state index contributed by atoms with van der Waals surface area (Å²) in [6.07, 6.45) is 2.88. The van der Waals surface area contributed by atoms with E-state index in [1.54, 1.807) is 6.33 Å². The molecular formula is C14H25N5. The van der Waals surface area contributed by atoms with Gasteiger partial charge in [0.1, 0.15) is 18.0 Å². The van der Waals surface area contributed by atoms with Gasteiger partial charge in [0.05, 0.1) is 0 Å². The third-order valence-electron chi connectivity index (χ3n) is 3.26. The van der Waals surface area contributed by atoms with Crippen LogP contribution in [0.4, 0.5) is 11.6 Å². The number of hydrogen-bond acceptors (Lipinski definition) is 5. The molecule has 0 aliphatic carbocycles. The highest BCUT2D eigenvalue weighted by Gasteiger charge is 2.23. The van der Waals surface area contributed by atoms with Crippen LogP contribution in [0.2, 0.25) is 0 Å². The van der Waals surface area contributed by atoms with Crippen molar-refractivity contribution in [1.82, 2.24) is 15.3 Å². The van der Waals surface area contributed by atoms with Crippen LogP contribution in [-0.2, 0) is 0 Å². The van der Waals surface area contributed by atoms with Gasteiger partial charge in [-0.05, 0) is 46.7 Å². The van der Waals surface area contributed by atoms with E-state index in [1.807, 2.05) is 13.1 Å². The van der Waals surface area contributed by atoms with E-state index in [0.29, 0.717) is 0 Å². The molecule has 1 aliphatic heterocycles. The third kappa shape index (κ3) is 4.06. The molecule has 106 valence electrons. The smallest absolute Gasteiger partial charge is 0.134 e. The lowest BCUT2D eigenvalue weighted by molar-refractivity contribution is 0.549. The molecule has 0 amide bonds. The zero-order chi connectivity index (χ0) is 13.9. The van der Waals surface area contributed by atoms with Gasteiger partial charge >= 0.3 is 0 Å². The fourth-order valence-electron chi connectivity index (χ4n) is 2.47. The summed E-state index contributed by atoms with van der Waals surface area (Å²) in [5.74, 6) is 2.65. The van der Waals surface area contributed by atoms with Crippen LogP contribution in [0.15, 0.2) is 12.4 Å². The monoisotopic (exact) mass is 263 g/mol. The maximum atomic E-state index is 4.40. The second-order valence-corrected chi connectivity index (χ2v) is 6.29. The van der Waals surface area contributed by atoms with E-state index in [2.05, 4.69) is 46.3 Å². The number of rotatable bonds is 4. The standard InChI is InChI=1S/C14H25N5/c1-14(2,3)18-12-7-13(17-10-16-12)19-6-5-11(9-19)8-15-4/h7,10-11,15H,5-6,8-9H2,1-4H3,(H,16,17,18). The molecule has 1 saturated heterocycles. The van der Waals surface area contributed by atoms with Crippen molar-refractivity contribution in [3.63, 3.8) is 0 Å². The van der Waals surface area contributed by atoms with Gasteiger partial charge in [0.15, 0.2) is 0 Å². The maximum absolute atomic E-state index is 4.40. The second-order valence-electron chi connectivity index (χ2n) is 6.29. The van der Waals surface area contributed by atoms with Gasteiger partial charge in [-0.15, -0.1) is 0 Å². The highest BCUT2D eigenvalue weighted by atomic mass is 15.2. The Morgan fingerprint density at radius 1 is 1.37 bits per heavy atom. The van der Waals surface area contributed by atoms with Crippen LogP contribution < -0.4 is 15.5 Å². The molecule has 19 heavy (non-hydrogen) atoms. The van der Waals surface area contributed by atoms with Crippen LogP contribution in [0.5, 0.6) is 0 Å². The molecule has 0 aromatic carbocycles. The molecule has 1 aliphatic rings. The Bertz CT molecular complexity index is 413. The molecule has 0 radical (unpaired) electrons. The van der Waals surface area contributed by atoms with Gasteiger partial charge in [-0.2, -0.15) is 0 Å². The Morgan fingerprint density at radius 2 is 2.16 bits per heavy atom. The highest BCUT2D eigenvalue weighted by Crippen LogP contribution is 2.23. The van der Waals surface area contributed by atoms with E-state index in [1.165, 1.54) is 6.42 Å². The summed E-state index contributed by atoms with van der Waals surface area (Å²) in [6.45, 7) is 9.63. The van der Waals surface area contributed by atoms with Crippen LogP contribution in [-0.4, -0.2) is 42.2 Å². The molecule has 0 bridgehead atoms. The van der Waals surface area contributed by atoms with Crippen molar-refractivity contribution in [2.45, 2.75) is 32.7 Å². The van der Waals surface area contributed by atoms with Crippen LogP contribution in [0.25, 0.3) is 0 Å². The predicted molar refractivity (Wildman–Crippen MR) is 79.7 cm³/mol. The molecule has 2 rings (SSSR count). The zero-order valence-corrected chi connectivity index (χ0v) is 12.4. The Kier molecular flexibility index (Phi) is 4.24. The number of aromatic nitrogens is 2. The molecule has 5 heteroatoms. The average molecular weight is 263 g/mol. The summed E-state index contributed by atoms with van der Waals surface area (Å²) >= 11 is 0. The molecule has 1 fully saturated rings. The van der Waals surface area contributed by atoms with E-state index < -0.39 is 0 Å². The molecule has 1 aromatic heterocycles. The Labute approximate surface area is 115 Å². The first-order valence-electron chi connectivity index (χ1n) is 6.98. The zero-order valence-electron chi connectivity index (χ0n) is 12.4. The molecule has 5 nitrogen and oxygen atoms in total. The Hall–Kier alpha value is -1.36. The SMILES string of the molecule is CNCC1CCN(c2cc(NC(C)(C)C)ncn2)C1. The number of nitrogens with one attached hydrogen (secondary N) is 2. The number of nitrogens with zero attached hydrogens (tertiary/aromatic N) is 3. The third-order valence-corrected chi connectivity index (χ3v) is 3.26. The van der Waals surface area contributed by atoms with E-state index in [9.17, 15) is 0 Å². The van der Waals surface area contributed by atoms with Crippen molar-refractivity contribution < 1.29 is 0 Å². The molecule has 1 atom stereocenters. The van der Waals surface area contributed by atoms with Crippen LogP contribution >= 0.6 is 0 Å². The average Bonchev–Trinajstić information content (AvgIpc) is 2.76. The number of hydrogen-bond donors (Lipinski definition) is 2. The van der Waals surface area contributed by atoms with E-state index in [4.69, 9.17) is 0 Å². The lowest BCUT2D eigenvalue weighted by atomic mass is 10.1. The summed E-state index contributed by atoms with van der Waals surface area (Å²) in [7, 11) is 2.01. The van der Waals surface area contributed by atoms with Gasteiger partial charge in [0.2, 0.25) is 0 Å². The first-order chi connectivity index (χ1) is 8.98. The maximum Gasteiger partial charge on any atom is 0.134 e. The molecule has 0 spiro atoms. The van der Waals surface area contributed by atoms with Crippen LogP contribution in [0.3, 0.4) is 0 Å².